The zero-order valence-corrected chi connectivity index (χ0v) is 12.4. The first kappa shape index (κ1) is 16.8. The van der Waals surface area contributed by atoms with Crippen LogP contribution in [0.15, 0.2) is 27.2 Å². The molecule has 1 heterocycles. The average molecular weight is 295 g/mol. The van der Waals surface area contributed by atoms with Gasteiger partial charge in [-0.2, -0.15) is 15.3 Å². The van der Waals surface area contributed by atoms with E-state index in [2.05, 4.69) is 15.3 Å². The molecule has 1 aliphatic rings. The molecule has 8 heteroatoms. The van der Waals surface area contributed by atoms with E-state index in [1.54, 1.807) is 11.2 Å². The summed E-state index contributed by atoms with van der Waals surface area (Å²) in [7, 11) is 0. The summed E-state index contributed by atoms with van der Waals surface area (Å²) in [6.07, 6.45) is 3.63. The summed E-state index contributed by atoms with van der Waals surface area (Å²) < 4.78 is 0. The Labute approximate surface area is 123 Å². The van der Waals surface area contributed by atoms with E-state index in [4.69, 9.17) is 5.11 Å². The number of amides is 1. The highest BCUT2D eigenvalue weighted by Crippen LogP contribution is 2.15. The molecule has 0 aromatic rings. The fraction of sp³-hybridized carbons (Fsp3) is 0.615. The van der Waals surface area contributed by atoms with Gasteiger partial charge in [0, 0.05) is 25.2 Å². The van der Waals surface area contributed by atoms with E-state index >= 15 is 0 Å². The van der Waals surface area contributed by atoms with Crippen molar-refractivity contribution in [1.29, 1.82) is 0 Å². The van der Waals surface area contributed by atoms with Gasteiger partial charge in [0.05, 0.1) is 18.3 Å². The monoisotopic (exact) mass is 295 g/mol. The molecule has 1 N–H and O–H groups in total. The topological polar surface area (TPSA) is 97.9 Å². The van der Waals surface area contributed by atoms with E-state index in [0.717, 1.165) is 17.8 Å². The van der Waals surface area contributed by atoms with Gasteiger partial charge in [0.1, 0.15) is 0 Å². The van der Waals surface area contributed by atoms with Crippen LogP contribution in [-0.2, 0) is 9.59 Å². The largest absolute Gasteiger partial charge is 0.481 e. The third-order valence-electron chi connectivity index (χ3n) is 3.04. The number of aliphatic carboxylic acids is 1. The SMILES string of the molecule is CC/C(C)=N\N1CN=NC=C1CCN(C=O)CCC(=O)O. The first-order valence-electron chi connectivity index (χ1n) is 6.85. The van der Waals surface area contributed by atoms with E-state index in [-0.39, 0.29) is 13.0 Å². The number of hydrazone groups is 1. The maximum absolute atomic E-state index is 10.9. The van der Waals surface area contributed by atoms with Crippen LogP contribution in [0, 0.1) is 0 Å². The van der Waals surface area contributed by atoms with Gasteiger partial charge in [0.25, 0.3) is 0 Å². The van der Waals surface area contributed by atoms with Crippen LogP contribution in [0.5, 0.6) is 0 Å². The smallest absolute Gasteiger partial charge is 0.305 e. The molecule has 0 fully saturated rings. The maximum atomic E-state index is 10.9. The zero-order chi connectivity index (χ0) is 15.7. The lowest BCUT2D eigenvalue weighted by Gasteiger charge is -2.24. The van der Waals surface area contributed by atoms with Crippen molar-refractivity contribution in [3.05, 3.63) is 11.9 Å². The molecule has 0 bridgehead atoms. The van der Waals surface area contributed by atoms with Gasteiger partial charge in [0.15, 0.2) is 6.67 Å². The van der Waals surface area contributed by atoms with Gasteiger partial charge < -0.3 is 10.0 Å². The van der Waals surface area contributed by atoms with Crippen LogP contribution in [0.1, 0.15) is 33.1 Å². The molecule has 0 aromatic heterocycles. The van der Waals surface area contributed by atoms with E-state index in [0.29, 0.717) is 26.0 Å². The van der Waals surface area contributed by atoms with Crippen LogP contribution in [0.2, 0.25) is 0 Å². The second-order valence-electron chi connectivity index (χ2n) is 4.64. The summed E-state index contributed by atoms with van der Waals surface area (Å²) in [6.45, 7) is 4.95. The van der Waals surface area contributed by atoms with E-state index in [1.165, 1.54) is 4.90 Å². The third-order valence-corrected chi connectivity index (χ3v) is 3.04. The zero-order valence-electron chi connectivity index (χ0n) is 12.4. The molecule has 8 nitrogen and oxygen atoms in total. The average Bonchev–Trinajstić information content (AvgIpc) is 2.48. The van der Waals surface area contributed by atoms with Crippen molar-refractivity contribution in [3.63, 3.8) is 0 Å². The van der Waals surface area contributed by atoms with Crippen LogP contribution in [0.25, 0.3) is 0 Å². The third kappa shape index (κ3) is 6.15. The van der Waals surface area contributed by atoms with Gasteiger partial charge in [0.2, 0.25) is 6.41 Å². The molecule has 0 saturated carbocycles. The first-order valence-corrected chi connectivity index (χ1v) is 6.85. The van der Waals surface area contributed by atoms with Crippen molar-refractivity contribution in [2.75, 3.05) is 19.8 Å². The number of hydrogen-bond acceptors (Lipinski definition) is 6. The number of azo groups is 1. The normalized spacial score (nSPS) is 14.9. The van der Waals surface area contributed by atoms with E-state index in [1.807, 2.05) is 13.8 Å². The summed E-state index contributed by atoms with van der Waals surface area (Å²) in [5.74, 6) is -0.919. The van der Waals surface area contributed by atoms with Gasteiger partial charge in [-0.15, -0.1) is 0 Å². The molecule has 0 unspecified atom stereocenters. The Bertz CT molecular complexity index is 459. The van der Waals surface area contributed by atoms with Crippen molar-refractivity contribution in [1.82, 2.24) is 9.91 Å². The van der Waals surface area contributed by atoms with E-state index in [9.17, 15) is 9.59 Å². The molecule has 1 rings (SSSR count). The Kier molecular flexibility index (Phi) is 7.06. The lowest BCUT2D eigenvalue weighted by atomic mass is 10.3. The van der Waals surface area contributed by atoms with Gasteiger partial charge in [-0.3, -0.25) is 9.59 Å². The van der Waals surface area contributed by atoms with Crippen LogP contribution >= 0.6 is 0 Å². The van der Waals surface area contributed by atoms with E-state index < -0.39 is 5.97 Å². The minimum atomic E-state index is -0.919. The van der Waals surface area contributed by atoms with Crippen LogP contribution in [0.4, 0.5) is 0 Å². The van der Waals surface area contributed by atoms with Crippen LogP contribution in [-0.4, -0.2) is 52.9 Å². The maximum Gasteiger partial charge on any atom is 0.305 e. The van der Waals surface area contributed by atoms with Crippen molar-refractivity contribution in [2.45, 2.75) is 33.1 Å². The lowest BCUT2D eigenvalue weighted by Crippen LogP contribution is -2.29. The summed E-state index contributed by atoms with van der Waals surface area (Å²) in [4.78, 5) is 22.9. The number of carboxylic acids is 1. The summed E-state index contributed by atoms with van der Waals surface area (Å²) in [5, 5.41) is 22.6. The molecule has 1 amide bonds. The summed E-state index contributed by atoms with van der Waals surface area (Å²) in [6, 6.07) is 0. The van der Waals surface area contributed by atoms with Gasteiger partial charge >= 0.3 is 5.97 Å². The molecule has 1 aliphatic heterocycles. The molecule has 116 valence electrons. The minimum absolute atomic E-state index is 0.0612. The highest BCUT2D eigenvalue weighted by Gasteiger charge is 2.14. The molecule has 0 atom stereocenters. The van der Waals surface area contributed by atoms with Crippen molar-refractivity contribution in [3.8, 4) is 0 Å². The summed E-state index contributed by atoms with van der Waals surface area (Å²) >= 11 is 0. The molecule has 0 spiro atoms. The number of nitrogens with zero attached hydrogens (tertiary/aromatic N) is 5. The number of rotatable bonds is 9. The van der Waals surface area contributed by atoms with Gasteiger partial charge in [-0.05, 0) is 13.3 Å². The predicted octanol–water partition coefficient (Wildman–Crippen LogP) is 1.66. The Morgan fingerprint density at radius 1 is 1.57 bits per heavy atom. The quantitative estimate of drug-likeness (QED) is 0.516. The number of carbonyl (C=O) groups excluding carboxylic acids is 1. The van der Waals surface area contributed by atoms with Gasteiger partial charge in [-0.25, -0.2) is 5.01 Å². The Morgan fingerprint density at radius 2 is 2.33 bits per heavy atom. The fourth-order valence-corrected chi connectivity index (χ4v) is 1.64. The molecule has 0 aromatic carbocycles. The number of carbonyl (C=O) groups is 2. The molecular weight excluding hydrogens is 274 g/mol. The van der Waals surface area contributed by atoms with Crippen molar-refractivity contribution in [2.24, 2.45) is 15.3 Å². The molecule has 21 heavy (non-hydrogen) atoms. The second kappa shape index (κ2) is 8.83. The Balaban J connectivity index is 2.57. The molecular formula is C13H21N5O3. The lowest BCUT2D eigenvalue weighted by molar-refractivity contribution is -0.137. The molecule has 0 saturated heterocycles. The standard InChI is InChI=1S/C13H21N5O3/c1-3-11(2)16-18-9-15-14-8-12(18)4-6-17(10-19)7-5-13(20)21/h8,10H,3-7,9H2,1-2H3,(H,20,21)/b16-11-. The Hall–Kier alpha value is -2.25. The van der Waals surface area contributed by atoms with Crippen molar-refractivity contribution >= 4 is 18.1 Å². The number of hydrogen-bond donors (Lipinski definition) is 1. The van der Waals surface area contributed by atoms with Crippen LogP contribution in [0.3, 0.4) is 0 Å². The highest BCUT2D eigenvalue weighted by molar-refractivity contribution is 5.81. The molecule has 0 radical (unpaired) electrons. The number of carboxylic acid groups (broad SMARTS) is 1. The first-order chi connectivity index (χ1) is 10.1. The van der Waals surface area contributed by atoms with Gasteiger partial charge in [-0.1, -0.05) is 6.92 Å². The minimum Gasteiger partial charge on any atom is -0.481 e. The summed E-state index contributed by atoms with van der Waals surface area (Å²) in [5.41, 5.74) is 1.84. The van der Waals surface area contributed by atoms with Crippen LogP contribution < -0.4 is 0 Å². The predicted molar refractivity (Wildman–Crippen MR) is 77.6 cm³/mol. The van der Waals surface area contributed by atoms with Crippen molar-refractivity contribution < 1.29 is 14.7 Å². The Morgan fingerprint density at radius 3 is 2.95 bits per heavy atom. The highest BCUT2D eigenvalue weighted by atomic mass is 16.4. The molecule has 0 aliphatic carbocycles. The second-order valence-corrected chi connectivity index (χ2v) is 4.64. The fourth-order valence-electron chi connectivity index (χ4n) is 1.64.